The number of nitrogens with one attached hydrogen (secondary N) is 1. The average molecular weight is 271 g/mol. The quantitative estimate of drug-likeness (QED) is 0.909. The molecule has 1 unspecified atom stereocenters. The molecular weight excluding hydrogens is 250 g/mol. The Kier molecular flexibility index (Phi) is 3.07. The molecule has 1 atom stereocenters. The molecule has 0 saturated carbocycles. The van der Waals surface area contributed by atoms with Crippen molar-refractivity contribution in [3.05, 3.63) is 24.0 Å². The van der Waals surface area contributed by atoms with Crippen molar-refractivity contribution in [2.24, 2.45) is 0 Å². The summed E-state index contributed by atoms with van der Waals surface area (Å²) >= 11 is 0. The molecule has 4 heterocycles. The van der Waals surface area contributed by atoms with Gasteiger partial charge in [-0.25, -0.2) is 9.50 Å². The number of fused-ring (bicyclic) bond motifs is 1. The van der Waals surface area contributed by atoms with E-state index in [1.165, 1.54) is 32.1 Å². The third kappa shape index (κ3) is 2.16. The minimum absolute atomic E-state index is 0.403. The van der Waals surface area contributed by atoms with Crippen LogP contribution in [0.25, 0.3) is 5.65 Å². The van der Waals surface area contributed by atoms with Gasteiger partial charge >= 0.3 is 0 Å². The van der Waals surface area contributed by atoms with Gasteiger partial charge in [0.15, 0.2) is 5.65 Å². The van der Waals surface area contributed by atoms with E-state index in [4.69, 9.17) is 4.98 Å². The van der Waals surface area contributed by atoms with Gasteiger partial charge in [-0.3, -0.25) is 0 Å². The van der Waals surface area contributed by atoms with Crippen LogP contribution in [0.4, 0.5) is 5.82 Å². The van der Waals surface area contributed by atoms with E-state index in [1.54, 1.807) is 0 Å². The Morgan fingerprint density at radius 3 is 2.85 bits per heavy atom. The molecule has 2 aliphatic rings. The smallest absolute Gasteiger partial charge is 0.157 e. The van der Waals surface area contributed by atoms with Crippen molar-refractivity contribution in [1.29, 1.82) is 0 Å². The largest absolute Gasteiger partial charge is 0.357 e. The third-order valence-corrected chi connectivity index (χ3v) is 4.43. The molecule has 2 aliphatic heterocycles. The molecule has 20 heavy (non-hydrogen) atoms. The van der Waals surface area contributed by atoms with Crippen LogP contribution >= 0.6 is 0 Å². The molecule has 4 rings (SSSR count). The third-order valence-electron chi connectivity index (χ3n) is 4.43. The fourth-order valence-electron chi connectivity index (χ4n) is 3.28. The lowest BCUT2D eigenvalue weighted by Gasteiger charge is -2.21. The van der Waals surface area contributed by atoms with Crippen LogP contribution in [0.2, 0.25) is 0 Å². The first-order valence-electron chi connectivity index (χ1n) is 7.75. The van der Waals surface area contributed by atoms with Gasteiger partial charge in [-0.2, -0.15) is 5.10 Å². The summed E-state index contributed by atoms with van der Waals surface area (Å²) in [4.78, 5) is 7.14. The maximum atomic E-state index is 4.77. The lowest BCUT2D eigenvalue weighted by atomic mass is 10.0. The monoisotopic (exact) mass is 271 g/mol. The molecule has 2 aromatic heterocycles. The van der Waals surface area contributed by atoms with Crippen LogP contribution in [-0.4, -0.2) is 34.2 Å². The van der Waals surface area contributed by atoms with Crippen LogP contribution in [0.1, 0.15) is 43.8 Å². The Bertz CT molecular complexity index is 593. The van der Waals surface area contributed by atoms with Crippen molar-refractivity contribution >= 4 is 11.5 Å². The van der Waals surface area contributed by atoms with E-state index in [-0.39, 0.29) is 0 Å². The van der Waals surface area contributed by atoms with Gasteiger partial charge in [-0.15, -0.1) is 0 Å². The lowest BCUT2D eigenvalue weighted by molar-refractivity contribution is 0.404. The molecular formula is C15H21N5. The van der Waals surface area contributed by atoms with Crippen LogP contribution in [-0.2, 0) is 0 Å². The fourth-order valence-corrected chi connectivity index (χ4v) is 3.28. The molecule has 2 fully saturated rings. The summed E-state index contributed by atoms with van der Waals surface area (Å²) in [5.41, 5.74) is 2.10. The van der Waals surface area contributed by atoms with Crippen LogP contribution in [0.15, 0.2) is 18.3 Å². The highest BCUT2D eigenvalue weighted by Crippen LogP contribution is 2.24. The molecule has 2 aromatic rings. The summed E-state index contributed by atoms with van der Waals surface area (Å²) < 4.78 is 1.91. The van der Waals surface area contributed by atoms with E-state index in [0.717, 1.165) is 36.8 Å². The highest BCUT2D eigenvalue weighted by atomic mass is 15.3. The Hall–Kier alpha value is -1.62. The van der Waals surface area contributed by atoms with Crippen molar-refractivity contribution in [1.82, 2.24) is 19.9 Å². The molecule has 0 bridgehead atoms. The summed E-state index contributed by atoms with van der Waals surface area (Å²) in [6.07, 6.45) is 8.36. The number of aromatic nitrogens is 3. The van der Waals surface area contributed by atoms with Crippen LogP contribution in [0.5, 0.6) is 0 Å². The number of piperidine rings is 1. The second-order valence-corrected chi connectivity index (χ2v) is 5.85. The Morgan fingerprint density at radius 2 is 2.05 bits per heavy atom. The maximum absolute atomic E-state index is 4.77. The minimum Gasteiger partial charge on any atom is -0.357 e. The zero-order valence-corrected chi connectivity index (χ0v) is 11.8. The predicted molar refractivity (Wildman–Crippen MR) is 79.0 cm³/mol. The van der Waals surface area contributed by atoms with Crippen LogP contribution < -0.4 is 10.2 Å². The summed E-state index contributed by atoms with van der Waals surface area (Å²) in [6, 6.07) is 4.63. The number of anilines is 1. The average Bonchev–Trinajstić information content (AvgIpc) is 3.16. The number of hydrogen-bond acceptors (Lipinski definition) is 4. The number of rotatable bonds is 2. The van der Waals surface area contributed by atoms with Crippen LogP contribution in [0, 0.1) is 0 Å². The second-order valence-electron chi connectivity index (χ2n) is 5.85. The van der Waals surface area contributed by atoms with Gasteiger partial charge in [-0.1, -0.05) is 6.42 Å². The zero-order chi connectivity index (χ0) is 13.4. The summed E-state index contributed by atoms with van der Waals surface area (Å²) in [7, 11) is 0. The normalized spacial score (nSPS) is 23.6. The van der Waals surface area contributed by atoms with E-state index in [2.05, 4.69) is 27.4 Å². The molecule has 0 aromatic carbocycles. The molecule has 5 nitrogen and oxygen atoms in total. The zero-order valence-electron chi connectivity index (χ0n) is 11.8. The first kappa shape index (κ1) is 12.1. The molecule has 0 amide bonds. The Labute approximate surface area is 119 Å². The van der Waals surface area contributed by atoms with Gasteiger partial charge in [0.2, 0.25) is 0 Å². The van der Waals surface area contributed by atoms with Crippen molar-refractivity contribution in [2.75, 3.05) is 24.5 Å². The van der Waals surface area contributed by atoms with E-state index < -0.39 is 0 Å². The second kappa shape index (κ2) is 5.05. The number of hydrogen-bond donors (Lipinski definition) is 1. The van der Waals surface area contributed by atoms with Crippen molar-refractivity contribution < 1.29 is 0 Å². The molecule has 5 heteroatoms. The van der Waals surface area contributed by atoms with Gasteiger partial charge in [0, 0.05) is 25.4 Å². The predicted octanol–water partition coefficient (Wildman–Crippen LogP) is 2.14. The molecule has 0 spiro atoms. The molecule has 106 valence electrons. The highest BCUT2D eigenvalue weighted by Gasteiger charge is 2.19. The van der Waals surface area contributed by atoms with Gasteiger partial charge in [0.05, 0.1) is 11.7 Å². The first-order valence-corrected chi connectivity index (χ1v) is 7.75. The van der Waals surface area contributed by atoms with Crippen molar-refractivity contribution in [3.63, 3.8) is 0 Å². The highest BCUT2D eigenvalue weighted by molar-refractivity contribution is 5.49. The molecule has 2 saturated heterocycles. The lowest BCUT2D eigenvalue weighted by Crippen LogP contribution is -2.27. The standard InChI is InChI=1S/C15H21N5/c1-2-7-16-12(5-1)13-11-15-17-14(6-10-20(15)18-13)19-8-3-4-9-19/h6,10-12,16H,1-5,7-9H2. The summed E-state index contributed by atoms with van der Waals surface area (Å²) in [5, 5.41) is 8.23. The Morgan fingerprint density at radius 1 is 1.15 bits per heavy atom. The molecule has 1 N–H and O–H groups in total. The van der Waals surface area contributed by atoms with Crippen molar-refractivity contribution in [3.8, 4) is 0 Å². The van der Waals surface area contributed by atoms with E-state index in [1.807, 2.05) is 10.7 Å². The van der Waals surface area contributed by atoms with Gasteiger partial charge in [0.25, 0.3) is 0 Å². The number of nitrogens with zero attached hydrogens (tertiary/aromatic N) is 4. The van der Waals surface area contributed by atoms with Gasteiger partial charge in [-0.05, 0) is 38.3 Å². The van der Waals surface area contributed by atoms with E-state index in [9.17, 15) is 0 Å². The van der Waals surface area contributed by atoms with Gasteiger partial charge in [0.1, 0.15) is 5.82 Å². The van der Waals surface area contributed by atoms with Gasteiger partial charge < -0.3 is 10.2 Å². The SMILES string of the molecule is c1cn2nc(C3CCCCN3)cc2nc1N1CCCC1. The molecule has 0 aliphatic carbocycles. The summed E-state index contributed by atoms with van der Waals surface area (Å²) in [5.74, 6) is 1.10. The topological polar surface area (TPSA) is 45.5 Å². The maximum Gasteiger partial charge on any atom is 0.157 e. The minimum atomic E-state index is 0.403. The summed E-state index contributed by atoms with van der Waals surface area (Å²) in [6.45, 7) is 3.37. The van der Waals surface area contributed by atoms with E-state index >= 15 is 0 Å². The van der Waals surface area contributed by atoms with Crippen molar-refractivity contribution in [2.45, 2.75) is 38.1 Å². The first-order chi connectivity index (χ1) is 9.90. The Balaban J connectivity index is 1.64. The van der Waals surface area contributed by atoms with E-state index in [0.29, 0.717) is 6.04 Å². The fraction of sp³-hybridized carbons (Fsp3) is 0.600. The molecule has 0 radical (unpaired) electrons. The van der Waals surface area contributed by atoms with Crippen LogP contribution in [0.3, 0.4) is 0 Å².